The Morgan fingerprint density at radius 3 is 2.19 bits per heavy atom. The van der Waals surface area contributed by atoms with Crippen molar-refractivity contribution in [2.75, 3.05) is 13.2 Å². The first-order valence-corrected chi connectivity index (χ1v) is 9.33. The molecule has 2 aromatic carbocycles. The zero-order chi connectivity index (χ0) is 19.5. The van der Waals surface area contributed by atoms with E-state index in [4.69, 9.17) is 4.74 Å². The Morgan fingerprint density at radius 1 is 0.926 bits per heavy atom. The van der Waals surface area contributed by atoms with E-state index in [0.717, 1.165) is 37.9 Å². The molecule has 27 heavy (non-hydrogen) atoms. The fourth-order valence-corrected chi connectivity index (χ4v) is 2.81. The average molecular weight is 369 g/mol. The maximum atomic E-state index is 11.2. The van der Waals surface area contributed by atoms with E-state index in [2.05, 4.69) is 17.4 Å². The molecule has 0 spiro atoms. The summed E-state index contributed by atoms with van der Waals surface area (Å²) >= 11 is 0. The molecule has 0 saturated heterocycles. The molecular formula is C22H27NO4. The summed E-state index contributed by atoms with van der Waals surface area (Å²) in [4.78, 5) is 22.1. The number of amides is 1. The Morgan fingerprint density at radius 2 is 1.56 bits per heavy atom. The molecule has 0 saturated carbocycles. The van der Waals surface area contributed by atoms with Crippen LogP contribution in [0, 0.1) is 0 Å². The third-order valence-corrected chi connectivity index (χ3v) is 4.29. The maximum Gasteiger partial charge on any atom is 0.287 e. The van der Waals surface area contributed by atoms with Gasteiger partial charge in [-0.15, -0.1) is 0 Å². The second kappa shape index (κ2) is 11.0. The van der Waals surface area contributed by atoms with E-state index >= 15 is 0 Å². The fourth-order valence-electron chi connectivity index (χ4n) is 2.81. The molecule has 1 amide bonds. The molecule has 0 aliphatic carbocycles. The standard InChI is InChI=1S/C22H27NO4/c1-17(24)22(26)23-15-5-4-9-18-7-2-3-8-19(18)10-6-16-27-21-13-11-20(25)12-14-21/h2-3,7-8,11-14,25H,4-6,9-10,15-16H2,1H3,(H,23,26). The number of ether oxygens (including phenoxy) is 1. The largest absolute Gasteiger partial charge is 0.508 e. The van der Waals surface area contributed by atoms with Crippen molar-refractivity contribution in [1.29, 1.82) is 0 Å². The Hall–Kier alpha value is -2.82. The molecule has 0 heterocycles. The number of aromatic hydroxyl groups is 1. The summed E-state index contributed by atoms with van der Waals surface area (Å²) in [5.41, 5.74) is 2.64. The molecule has 0 unspecified atom stereocenters. The first-order chi connectivity index (χ1) is 13.1. The van der Waals surface area contributed by atoms with Crippen molar-refractivity contribution in [2.24, 2.45) is 0 Å². The SMILES string of the molecule is CC(=O)C(=O)NCCCCc1ccccc1CCCOc1ccc(O)cc1. The molecular weight excluding hydrogens is 342 g/mol. The van der Waals surface area contributed by atoms with Gasteiger partial charge < -0.3 is 15.2 Å². The number of hydrogen-bond acceptors (Lipinski definition) is 4. The van der Waals surface area contributed by atoms with Gasteiger partial charge in [-0.05, 0) is 67.5 Å². The van der Waals surface area contributed by atoms with Gasteiger partial charge in [0.25, 0.3) is 5.91 Å². The third-order valence-electron chi connectivity index (χ3n) is 4.29. The smallest absolute Gasteiger partial charge is 0.287 e. The summed E-state index contributed by atoms with van der Waals surface area (Å²) < 4.78 is 5.70. The lowest BCUT2D eigenvalue weighted by molar-refractivity contribution is -0.136. The van der Waals surface area contributed by atoms with Crippen LogP contribution in [0.15, 0.2) is 48.5 Å². The van der Waals surface area contributed by atoms with E-state index in [0.29, 0.717) is 13.2 Å². The summed E-state index contributed by atoms with van der Waals surface area (Å²) in [5, 5.41) is 11.9. The summed E-state index contributed by atoms with van der Waals surface area (Å²) in [7, 11) is 0. The van der Waals surface area contributed by atoms with E-state index in [1.54, 1.807) is 24.3 Å². The molecule has 2 N–H and O–H groups in total. The van der Waals surface area contributed by atoms with Gasteiger partial charge in [0.2, 0.25) is 5.78 Å². The van der Waals surface area contributed by atoms with Gasteiger partial charge in [-0.25, -0.2) is 0 Å². The van der Waals surface area contributed by atoms with E-state index in [9.17, 15) is 14.7 Å². The number of hydrogen-bond donors (Lipinski definition) is 2. The van der Waals surface area contributed by atoms with Crippen molar-refractivity contribution in [2.45, 2.75) is 39.0 Å². The van der Waals surface area contributed by atoms with Crippen LogP contribution in [0.25, 0.3) is 0 Å². The highest BCUT2D eigenvalue weighted by molar-refractivity contribution is 6.35. The first-order valence-electron chi connectivity index (χ1n) is 9.33. The monoisotopic (exact) mass is 369 g/mol. The molecule has 2 aromatic rings. The number of aryl methyl sites for hydroxylation is 2. The minimum absolute atomic E-state index is 0.233. The van der Waals surface area contributed by atoms with Crippen molar-refractivity contribution in [3.8, 4) is 11.5 Å². The number of benzene rings is 2. The second-order valence-corrected chi connectivity index (χ2v) is 6.48. The second-order valence-electron chi connectivity index (χ2n) is 6.48. The highest BCUT2D eigenvalue weighted by Gasteiger charge is 2.06. The summed E-state index contributed by atoms with van der Waals surface area (Å²) in [5.74, 6) is 0.0322. The number of phenols is 1. The lowest BCUT2D eigenvalue weighted by Gasteiger charge is -2.11. The Bertz CT molecular complexity index is 740. The number of unbranched alkanes of at least 4 members (excludes halogenated alkanes) is 1. The van der Waals surface area contributed by atoms with Crippen LogP contribution in [0.1, 0.15) is 37.3 Å². The summed E-state index contributed by atoms with van der Waals surface area (Å²) in [6.45, 7) is 2.42. The molecule has 2 rings (SSSR count). The predicted octanol–water partition coefficient (Wildman–Crippen LogP) is 3.43. The maximum absolute atomic E-state index is 11.2. The summed E-state index contributed by atoms with van der Waals surface area (Å²) in [6, 6.07) is 15.1. The molecule has 0 aromatic heterocycles. The van der Waals surface area contributed by atoms with E-state index < -0.39 is 11.7 Å². The molecule has 0 atom stereocenters. The number of rotatable bonds is 11. The summed E-state index contributed by atoms with van der Waals surface area (Å²) in [6.07, 6.45) is 4.60. The molecule has 5 nitrogen and oxygen atoms in total. The number of Topliss-reactive ketones (excluding diaryl/α,β-unsaturated/α-hetero) is 1. The number of phenolic OH excluding ortho intramolecular Hbond substituents is 1. The van der Waals surface area contributed by atoms with Crippen molar-refractivity contribution in [3.05, 3.63) is 59.7 Å². The van der Waals surface area contributed by atoms with Crippen LogP contribution >= 0.6 is 0 Å². The number of ketones is 1. The van der Waals surface area contributed by atoms with Gasteiger partial charge in [-0.3, -0.25) is 9.59 Å². The van der Waals surface area contributed by atoms with Crippen LogP contribution < -0.4 is 10.1 Å². The highest BCUT2D eigenvalue weighted by Crippen LogP contribution is 2.17. The quantitative estimate of drug-likeness (QED) is 0.470. The molecule has 0 bridgehead atoms. The fraction of sp³-hybridized carbons (Fsp3) is 0.364. The van der Waals surface area contributed by atoms with E-state index in [-0.39, 0.29) is 5.75 Å². The third kappa shape index (κ3) is 7.52. The Kier molecular flexibility index (Phi) is 8.36. The Balaban J connectivity index is 1.70. The van der Waals surface area contributed by atoms with Crippen LogP contribution in [0.4, 0.5) is 0 Å². The zero-order valence-corrected chi connectivity index (χ0v) is 15.7. The van der Waals surface area contributed by atoms with Gasteiger partial charge in [0, 0.05) is 13.5 Å². The van der Waals surface area contributed by atoms with Gasteiger partial charge in [0.05, 0.1) is 6.61 Å². The van der Waals surface area contributed by atoms with Crippen LogP contribution in [0.5, 0.6) is 11.5 Å². The minimum atomic E-state index is -0.510. The van der Waals surface area contributed by atoms with Crippen LogP contribution in [-0.2, 0) is 22.4 Å². The molecule has 5 heteroatoms. The van der Waals surface area contributed by atoms with Gasteiger partial charge in [-0.2, -0.15) is 0 Å². The lowest BCUT2D eigenvalue weighted by Crippen LogP contribution is -2.29. The number of nitrogens with one attached hydrogen (secondary N) is 1. The van der Waals surface area contributed by atoms with Gasteiger partial charge >= 0.3 is 0 Å². The van der Waals surface area contributed by atoms with Gasteiger partial charge in [-0.1, -0.05) is 24.3 Å². The van der Waals surface area contributed by atoms with Gasteiger partial charge in [0.15, 0.2) is 0 Å². The van der Waals surface area contributed by atoms with E-state index in [1.165, 1.54) is 18.1 Å². The van der Waals surface area contributed by atoms with Crippen LogP contribution in [0.2, 0.25) is 0 Å². The number of carbonyl (C=O) groups excluding carboxylic acids is 2. The normalized spacial score (nSPS) is 10.4. The van der Waals surface area contributed by atoms with Crippen molar-refractivity contribution < 1.29 is 19.4 Å². The molecule has 144 valence electrons. The first kappa shape index (κ1) is 20.5. The van der Waals surface area contributed by atoms with Crippen molar-refractivity contribution >= 4 is 11.7 Å². The zero-order valence-electron chi connectivity index (χ0n) is 15.7. The minimum Gasteiger partial charge on any atom is -0.508 e. The molecule has 0 radical (unpaired) electrons. The van der Waals surface area contributed by atoms with E-state index in [1.807, 2.05) is 12.1 Å². The topological polar surface area (TPSA) is 75.6 Å². The van der Waals surface area contributed by atoms with Crippen LogP contribution in [-0.4, -0.2) is 29.9 Å². The van der Waals surface area contributed by atoms with Crippen molar-refractivity contribution in [1.82, 2.24) is 5.32 Å². The highest BCUT2D eigenvalue weighted by atomic mass is 16.5. The molecule has 0 aliphatic heterocycles. The molecule has 0 aliphatic rings. The van der Waals surface area contributed by atoms with Gasteiger partial charge in [0.1, 0.15) is 11.5 Å². The Labute approximate surface area is 160 Å². The van der Waals surface area contributed by atoms with Crippen LogP contribution in [0.3, 0.4) is 0 Å². The van der Waals surface area contributed by atoms with Crippen molar-refractivity contribution in [3.63, 3.8) is 0 Å². The number of carbonyl (C=O) groups is 2. The predicted molar refractivity (Wildman–Crippen MR) is 105 cm³/mol. The molecule has 0 fully saturated rings. The average Bonchev–Trinajstić information content (AvgIpc) is 2.67. The lowest BCUT2D eigenvalue weighted by atomic mass is 9.98.